The van der Waals surface area contributed by atoms with Crippen molar-refractivity contribution in [3.05, 3.63) is 23.8 Å². The summed E-state index contributed by atoms with van der Waals surface area (Å²) in [5.74, 6) is 0.511. The number of nitrogens with one attached hydrogen (secondary N) is 2. The van der Waals surface area contributed by atoms with Crippen molar-refractivity contribution >= 4 is 11.8 Å². The van der Waals surface area contributed by atoms with E-state index in [1.54, 1.807) is 32.9 Å². The van der Waals surface area contributed by atoms with Gasteiger partial charge < -0.3 is 15.2 Å². The van der Waals surface area contributed by atoms with Crippen LogP contribution in [0.1, 0.15) is 32.3 Å². The monoisotopic (exact) mass is 264 g/mol. The maximum atomic E-state index is 11.6. The van der Waals surface area contributed by atoms with Gasteiger partial charge in [0.05, 0.1) is 5.69 Å². The van der Waals surface area contributed by atoms with Gasteiger partial charge in [0.15, 0.2) is 0 Å². The van der Waals surface area contributed by atoms with Crippen LogP contribution in [0.4, 0.5) is 10.5 Å². The van der Waals surface area contributed by atoms with Crippen molar-refractivity contribution in [1.82, 2.24) is 5.32 Å². The van der Waals surface area contributed by atoms with Crippen LogP contribution in [0.5, 0.6) is 5.75 Å². The average molecular weight is 264 g/mol. The van der Waals surface area contributed by atoms with Crippen molar-refractivity contribution in [2.45, 2.75) is 32.3 Å². The first-order valence-electron chi connectivity index (χ1n) is 6.39. The standard InChI is InChI=1S/C14H20N2O3/c1-14(2,3)19-13(18)16-11-5-4-9(6-12(11)17)10-7-15-8-10/h4-6,10,15,17H,7-8H2,1-3H3,(H,16,18). The van der Waals surface area contributed by atoms with Gasteiger partial charge in [0, 0.05) is 19.0 Å². The normalized spacial score (nSPS) is 15.7. The SMILES string of the molecule is CC(C)(C)OC(=O)Nc1ccc(C2CNC2)cc1O. The second-order valence-electron chi connectivity index (χ2n) is 5.76. The van der Waals surface area contributed by atoms with Gasteiger partial charge in [-0.2, -0.15) is 0 Å². The van der Waals surface area contributed by atoms with Gasteiger partial charge in [0.1, 0.15) is 11.4 Å². The predicted octanol–water partition coefficient (Wildman–Crippen LogP) is 2.43. The Morgan fingerprint density at radius 2 is 2.11 bits per heavy atom. The molecule has 3 N–H and O–H groups in total. The molecule has 0 saturated carbocycles. The van der Waals surface area contributed by atoms with Gasteiger partial charge in [-0.05, 0) is 38.5 Å². The molecule has 0 atom stereocenters. The van der Waals surface area contributed by atoms with Gasteiger partial charge in [0.25, 0.3) is 0 Å². The Morgan fingerprint density at radius 1 is 1.42 bits per heavy atom. The molecule has 0 bridgehead atoms. The van der Waals surface area contributed by atoms with E-state index in [0.717, 1.165) is 18.7 Å². The zero-order chi connectivity index (χ0) is 14.0. The van der Waals surface area contributed by atoms with E-state index in [4.69, 9.17) is 4.74 Å². The van der Waals surface area contributed by atoms with Crippen molar-refractivity contribution in [2.75, 3.05) is 18.4 Å². The van der Waals surface area contributed by atoms with Crippen LogP contribution in [0.3, 0.4) is 0 Å². The minimum absolute atomic E-state index is 0.0651. The second-order valence-corrected chi connectivity index (χ2v) is 5.76. The van der Waals surface area contributed by atoms with Crippen LogP contribution >= 0.6 is 0 Å². The molecule has 2 rings (SSSR count). The van der Waals surface area contributed by atoms with E-state index in [2.05, 4.69) is 10.6 Å². The number of carbonyl (C=O) groups is 1. The van der Waals surface area contributed by atoms with Crippen LogP contribution in [-0.4, -0.2) is 29.9 Å². The van der Waals surface area contributed by atoms with Crippen molar-refractivity contribution in [1.29, 1.82) is 0 Å². The Morgan fingerprint density at radius 3 is 2.58 bits per heavy atom. The molecule has 0 spiro atoms. The Hall–Kier alpha value is -1.75. The third-order valence-electron chi connectivity index (χ3n) is 2.91. The number of hydrogen-bond donors (Lipinski definition) is 3. The lowest BCUT2D eigenvalue weighted by atomic mass is 9.93. The van der Waals surface area contributed by atoms with Gasteiger partial charge in [-0.3, -0.25) is 5.32 Å². The van der Waals surface area contributed by atoms with Gasteiger partial charge >= 0.3 is 6.09 Å². The summed E-state index contributed by atoms with van der Waals surface area (Å²) in [5, 5.41) is 15.6. The summed E-state index contributed by atoms with van der Waals surface area (Å²) in [6, 6.07) is 5.31. The molecular formula is C14H20N2O3. The molecule has 1 aromatic rings. The zero-order valence-electron chi connectivity index (χ0n) is 11.5. The number of phenolic OH excluding ortho intramolecular Hbond substituents is 1. The van der Waals surface area contributed by atoms with E-state index in [9.17, 15) is 9.90 Å². The minimum Gasteiger partial charge on any atom is -0.506 e. The number of anilines is 1. The molecule has 19 heavy (non-hydrogen) atoms. The van der Waals surface area contributed by atoms with E-state index >= 15 is 0 Å². The highest BCUT2D eigenvalue weighted by Crippen LogP contribution is 2.29. The summed E-state index contributed by atoms with van der Waals surface area (Å²) in [6.07, 6.45) is -0.569. The highest BCUT2D eigenvalue weighted by molar-refractivity contribution is 5.86. The fraction of sp³-hybridized carbons (Fsp3) is 0.500. The molecule has 1 heterocycles. The van der Waals surface area contributed by atoms with E-state index in [1.165, 1.54) is 0 Å². The number of benzene rings is 1. The van der Waals surface area contributed by atoms with Gasteiger partial charge in [0.2, 0.25) is 0 Å². The quantitative estimate of drug-likeness (QED) is 0.717. The fourth-order valence-corrected chi connectivity index (χ4v) is 1.85. The van der Waals surface area contributed by atoms with Crippen LogP contribution in [0.2, 0.25) is 0 Å². The average Bonchev–Trinajstić information content (AvgIpc) is 2.16. The van der Waals surface area contributed by atoms with Gasteiger partial charge in [-0.25, -0.2) is 4.79 Å². The largest absolute Gasteiger partial charge is 0.506 e. The zero-order valence-corrected chi connectivity index (χ0v) is 11.5. The molecule has 1 saturated heterocycles. The van der Waals surface area contributed by atoms with E-state index in [0.29, 0.717) is 11.6 Å². The number of hydrogen-bond acceptors (Lipinski definition) is 4. The van der Waals surface area contributed by atoms with Crippen LogP contribution in [0.25, 0.3) is 0 Å². The van der Waals surface area contributed by atoms with Crippen LogP contribution in [-0.2, 0) is 4.74 Å². The Labute approximate surface area is 113 Å². The molecule has 1 amide bonds. The number of rotatable bonds is 2. The topological polar surface area (TPSA) is 70.6 Å². The number of aromatic hydroxyl groups is 1. The lowest BCUT2D eigenvalue weighted by Crippen LogP contribution is -2.39. The molecular weight excluding hydrogens is 244 g/mol. The summed E-state index contributed by atoms with van der Waals surface area (Å²) in [6.45, 7) is 7.23. The van der Waals surface area contributed by atoms with Crippen LogP contribution in [0, 0.1) is 0 Å². The van der Waals surface area contributed by atoms with Crippen molar-refractivity contribution in [2.24, 2.45) is 0 Å². The maximum absolute atomic E-state index is 11.6. The Balaban J connectivity index is 2.02. The molecule has 1 fully saturated rings. The Bertz CT molecular complexity index is 476. The van der Waals surface area contributed by atoms with Crippen molar-refractivity contribution < 1.29 is 14.6 Å². The third kappa shape index (κ3) is 3.61. The summed E-state index contributed by atoms with van der Waals surface area (Å²) < 4.78 is 5.14. The number of carbonyl (C=O) groups excluding carboxylic acids is 1. The first-order chi connectivity index (χ1) is 8.85. The number of ether oxygens (including phenoxy) is 1. The highest BCUT2D eigenvalue weighted by atomic mass is 16.6. The summed E-state index contributed by atoms with van der Waals surface area (Å²) in [5.41, 5.74) is 0.883. The molecule has 1 aromatic carbocycles. The van der Waals surface area contributed by atoms with Gasteiger partial charge in [-0.1, -0.05) is 6.07 Å². The van der Waals surface area contributed by atoms with Crippen LogP contribution < -0.4 is 10.6 Å². The number of amides is 1. The molecule has 104 valence electrons. The summed E-state index contributed by atoms with van der Waals surface area (Å²) in [4.78, 5) is 11.6. The molecule has 0 aliphatic carbocycles. The van der Waals surface area contributed by atoms with E-state index in [1.807, 2.05) is 6.07 Å². The Kier molecular flexibility index (Phi) is 3.66. The molecule has 1 aliphatic heterocycles. The molecule has 5 heteroatoms. The molecule has 0 radical (unpaired) electrons. The summed E-state index contributed by atoms with van der Waals surface area (Å²) >= 11 is 0. The summed E-state index contributed by atoms with van der Waals surface area (Å²) in [7, 11) is 0. The minimum atomic E-state index is -0.569. The molecule has 1 aliphatic rings. The predicted molar refractivity (Wildman–Crippen MR) is 73.6 cm³/mol. The third-order valence-corrected chi connectivity index (χ3v) is 2.91. The molecule has 5 nitrogen and oxygen atoms in total. The maximum Gasteiger partial charge on any atom is 0.412 e. The first-order valence-corrected chi connectivity index (χ1v) is 6.39. The second kappa shape index (κ2) is 5.09. The van der Waals surface area contributed by atoms with E-state index in [-0.39, 0.29) is 5.75 Å². The van der Waals surface area contributed by atoms with E-state index < -0.39 is 11.7 Å². The smallest absolute Gasteiger partial charge is 0.412 e. The first kappa shape index (κ1) is 13.7. The molecule has 0 unspecified atom stereocenters. The highest BCUT2D eigenvalue weighted by Gasteiger charge is 2.21. The number of phenols is 1. The van der Waals surface area contributed by atoms with Crippen LogP contribution in [0.15, 0.2) is 18.2 Å². The van der Waals surface area contributed by atoms with Gasteiger partial charge in [-0.15, -0.1) is 0 Å². The van der Waals surface area contributed by atoms with Crippen molar-refractivity contribution in [3.8, 4) is 5.75 Å². The lowest BCUT2D eigenvalue weighted by molar-refractivity contribution is 0.0635. The fourth-order valence-electron chi connectivity index (χ4n) is 1.85. The van der Waals surface area contributed by atoms with Crippen molar-refractivity contribution in [3.63, 3.8) is 0 Å². The lowest BCUT2D eigenvalue weighted by Gasteiger charge is -2.27. The molecule has 0 aromatic heterocycles.